The third kappa shape index (κ3) is 1.37. The van der Waals surface area contributed by atoms with Crippen LogP contribution in [0.5, 0.6) is 0 Å². The molecule has 0 aromatic carbocycles. The van der Waals surface area contributed by atoms with Crippen LogP contribution in [0.1, 0.15) is 33.6 Å². The van der Waals surface area contributed by atoms with Crippen molar-refractivity contribution in [3.05, 3.63) is 0 Å². The first-order valence-electron chi connectivity index (χ1n) is 5.59. The van der Waals surface area contributed by atoms with Crippen LogP contribution in [-0.4, -0.2) is 24.5 Å². The molecule has 0 radical (unpaired) electrons. The quantitative estimate of drug-likeness (QED) is 0.750. The Morgan fingerprint density at radius 2 is 2.00 bits per heavy atom. The number of Topliss-reactive ketones (excluding diaryl/α,β-unsaturated/α-hetero) is 1. The molecular formula is C11H18O4S. The molecule has 92 valence electrons. The molecule has 0 saturated heterocycles. The summed E-state index contributed by atoms with van der Waals surface area (Å²) in [7, 11) is -4.10. The number of fused-ring (bicyclic) bond motifs is 2. The van der Waals surface area contributed by atoms with Crippen molar-refractivity contribution in [2.24, 2.45) is 22.7 Å². The lowest BCUT2D eigenvalue weighted by Gasteiger charge is -2.35. The number of hydrogen-bond donors (Lipinski definition) is 1. The van der Waals surface area contributed by atoms with Gasteiger partial charge in [-0.3, -0.25) is 9.35 Å². The largest absolute Gasteiger partial charge is 0.299 e. The van der Waals surface area contributed by atoms with Crippen molar-refractivity contribution in [1.82, 2.24) is 0 Å². The molecular weight excluding hydrogens is 228 g/mol. The number of hydrogen-bond acceptors (Lipinski definition) is 3. The standard InChI is InChI=1S/C11H18O4S/c1-7-5-11(6-16(13,14)15)9(12)4-8(7)10(11,2)3/h7-8H,4-6H2,1-3H3,(H,13,14,15)/t7?,8-,11+/m0/s1. The third-order valence-corrected chi connectivity index (χ3v) is 5.74. The molecule has 0 heterocycles. The number of ketones is 1. The SMILES string of the molecule is CC1C[C@@]2(CS(=O)(=O)O)C(=O)C[C@@H]1C2(C)C. The molecule has 0 aromatic heterocycles. The number of carbonyl (C=O) groups excluding carboxylic acids is 1. The highest BCUT2D eigenvalue weighted by Crippen LogP contribution is 2.66. The van der Waals surface area contributed by atoms with Crippen LogP contribution in [0.15, 0.2) is 0 Å². The Morgan fingerprint density at radius 3 is 2.38 bits per heavy atom. The molecule has 1 unspecified atom stereocenters. The zero-order chi connectivity index (χ0) is 12.4. The Hall–Kier alpha value is -0.420. The van der Waals surface area contributed by atoms with Crippen molar-refractivity contribution in [1.29, 1.82) is 0 Å². The Morgan fingerprint density at radius 1 is 1.44 bits per heavy atom. The van der Waals surface area contributed by atoms with E-state index in [1.54, 1.807) is 0 Å². The lowest BCUT2D eigenvalue weighted by atomic mass is 9.70. The van der Waals surface area contributed by atoms with Crippen molar-refractivity contribution in [3.8, 4) is 0 Å². The number of rotatable bonds is 2. The van der Waals surface area contributed by atoms with Gasteiger partial charge in [0.2, 0.25) is 0 Å². The molecule has 0 amide bonds. The molecule has 2 aliphatic carbocycles. The fourth-order valence-corrected chi connectivity index (χ4v) is 5.26. The fraction of sp³-hybridized carbons (Fsp3) is 0.909. The van der Waals surface area contributed by atoms with E-state index < -0.39 is 21.3 Å². The molecule has 2 fully saturated rings. The molecule has 0 aliphatic heterocycles. The first kappa shape index (κ1) is 12.0. The number of carbonyl (C=O) groups is 1. The van der Waals surface area contributed by atoms with E-state index in [4.69, 9.17) is 4.55 Å². The molecule has 4 nitrogen and oxygen atoms in total. The van der Waals surface area contributed by atoms with Crippen LogP contribution in [0.2, 0.25) is 0 Å². The summed E-state index contributed by atoms with van der Waals surface area (Å²) in [6, 6.07) is 0. The maximum atomic E-state index is 12.0. The van der Waals surface area contributed by atoms with Crippen LogP contribution in [0.4, 0.5) is 0 Å². The fourth-order valence-electron chi connectivity index (χ4n) is 3.98. The zero-order valence-electron chi connectivity index (χ0n) is 9.86. The van der Waals surface area contributed by atoms with E-state index in [1.165, 1.54) is 0 Å². The van der Waals surface area contributed by atoms with Gasteiger partial charge in [-0.1, -0.05) is 20.8 Å². The maximum absolute atomic E-state index is 12.0. The summed E-state index contributed by atoms with van der Waals surface area (Å²) in [5.41, 5.74) is -1.18. The van der Waals surface area contributed by atoms with Gasteiger partial charge in [0, 0.05) is 6.42 Å². The van der Waals surface area contributed by atoms with Crippen LogP contribution in [0.25, 0.3) is 0 Å². The maximum Gasteiger partial charge on any atom is 0.265 e. The second kappa shape index (κ2) is 3.07. The normalized spacial score (nSPS) is 41.6. The van der Waals surface area contributed by atoms with Crippen molar-refractivity contribution in [2.75, 3.05) is 5.75 Å². The summed E-state index contributed by atoms with van der Waals surface area (Å²) in [5, 5.41) is 0. The van der Waals surface area contributed by atoms with Crippen molar-refractivity contribution in [2.45, 2.75) is 33.6 Å². The van der Waals surface area contributed by atoms with Gasteiger partial charge in [-0.2, -0.15) is 8.42 Å². The Bertz CT molecular complexity index is 437. The highest BCUT2D eigenvalue weighted by molar-refractivity contribution is 7.85. The Kier molecular flexibility index (Phi) is 2.31. The van der Waals surface area contributed by atoms with E-state index in [-0.39, 0.29) is 17.1 Å². The zero-order valence-corrected chi connectivity index (χ0v) is 10.7. The summed E-state index contributed by atoms with van der Waals surface area (Å²) in [5.74, 6) is 0.210. The Balaban J connectivity index is 2.48. The second-order valence-electron chi connectivity index (χ2n) is 5.95. The topological polar surface area (TPSA) is 71.4 Å². The summed E-state index contributed by atoms with van der Waals surface area (Å²) in [6.45, 7) is 5.97. The van der Waals surface area contributed by atoms with Crippen molar-refractivity contribution in [3.63, 3.8) is 0 Å². The third-order valence-electron chi connectivity index (χ3n) is 4.89. The van der Waals surface area contributed by atoms with E-state index in [0.717, 1.165) is 0 Å². The molecule has 2 aliphatic rings. The first-order chi connectivity index (χ1) is 7.10. The minimum absolute atomic E-state index is 0.0122. The van der Waals surface area contributed by atoms with Crippen LogP contribution in [0.3, 0.4) is 0 Å². The van der Waals surface area contributed by atoms with Gasteiger partial charge >= 0.3 is 0 Å². The molecule has 16 heavy (non-hydrogen) atoms. The summed E-state index contributed by atoms with van der Waals surface area (Å²) in [6.07, 6.45) is 1.05. The first-order valence-corrected chi connectivity index (χ1v) is 7.19. The highest BCUT2D eigenvalue weighted by Gasteiger charge is 2.67. The molecule has 0 spiro atoms. The predicted octanol–water partition coefficient (Wildman–Crippen LogP) is 1.52. The lowest BCUT2D eigenvalue weighted by Crippen LogP contribution is -2.42. The molecule has 5 heteroatoms. The molecule has 2 rings (SSSR count). The summed E-state index contributed by atoms with van der Waals surface area (Å²) in [4.78, 5) is 12.0. The average Bonchev–Trinajstić information content (AvgIpc) is 2.32. The van der Waals surface area contributed by atoms with Crippen LogP contribution < -0.4 is 0 Å². The van der Waals surface area contributed by atoms with Crippen molar-refractivity contribution >= 4 is 15.9 Å². The smallest absolute Gasteiger partial charge is 0.265 e. The molecule has 1 N–H and O–H groups in total. The van der Waals surface area contributed by atoms with Gasteiger partial charge < -0.3 is 0 Å². The van der Waals surface area contributed by atoms with E-state index in [9.17, 15) is 13.2 Å². The van der Waals surface area contributed by atoms with Gasteiger partial charge in [-0.05, 0) is 23.7 Å². The average molecular weight is 246 g/mol. The predicted molar refractivity (Wildman–Crippen MR) is 59.5 cm³/mol. The minimum atomic E-state index is -4.10. The molecule has 2 saturated carbocycles. The van der Waals surface area contributed by atoms with Gasteiger partial charge in [-0.25, -0.2) is 0 Å². The van der Waals surface area contributed by atoms with E-state index in [2.05, 4.69) is 6.92 Å². The van der Waals surface area contributed by atoms with Gasteiger partial charge in [0.05, 0.1) is 11.2 Å². The highest BCUT2D eigenvalue weighted by atomic mass is 32.2. The van der Waals surface area contributed by atoms with Crippen LogP contribution in [0, 0.1) is 22.7 Å². The van der Waals surface area contributed by atoms with Crippen LogP contribution in [-0.2, 0) is 14.9 Å². The minimum Gasteiger partial charge on any atom is -0.299 e. The molecule has 0 aromatic rings. The molecule has 2 bridgehead atoms. The van der Waals surface area contributed by atoms with E-state index in [1.807, 2.05) is 13.8 Å². The van der Waals surface area contributed by atoms with Crippen LogP contribution >= 0.6 is 0 Å². The lowest BCUT2D eigenvalue weighted by molar-refractivity contribution is -0.128. The van der Waals surface area contributed by atoms with Crippen molar-refractivity contribution < 1.29 is 17.8 Å². The monoisotopic (exact) mass is 246 g/mol. The molecule has 3 atom stereocenters. The van der Waals surface area contributed by atoms with Gasteiger partial charge in [-0.15, -0.1) is 0 Å². The van der Waals surface area contributed by atoms with Gasteiger partial charge in [0.25, 0.3) is 10.1 Å². The second-order valence-corrected chi connectivity index (χ2v) is 7.40. The van der Waals surface area contributed by atoms with E-state index >= 15 is 0 Å². The van der Waals surface area contributed by atoms with Gasteiger partial charge in [0.15, 0.2) is 0 Å². The van der Waals surface area contributed by atoms with Gasteiger partial charge in [0.1, 0.15) is 5.78 Å². The van der Waals surface area contributed by atoms with E-state index in [0.29, 0.717) is 18.8 Å². The summed E-state index contributed by atoms with van der Waals surface area (Å²) < 4.78 is 31.3. The Labute approximate surface area is 96.2 Å². The summed E-state index contributed by atoms with van der Waals surface area (Å²) >= 11 is 0.